The number of carboxylic acids is 1. The van der Waals surface area contributed by atoms with Gasteiger partial charge in [0.2, 0.25) is 17.7 Å². The molecule has 0 aliphatic heterocycles. The molecule has 1 aliphatic rings. The molecule has 2 aromatic rings. The fourth-order valence-corrected chi connectivity index (χ4v) is 4.00. The van der Waals surface area contributed by atoms with Crippen LogP contribution in [-0.4, -0.2) is 71.3 Å². The first-order chi connectivity index (χ1) is 17.6. The zero-order valence-corrected chi connectivity index (χ0v) is 20.0. The van der Waals surface area contributed by atoms with Crippen molar-refractivity contribution >= 4 is 29.8 Å². The second-order valence-corrected chi connectivity index (χ2v) is 8.53. The van der Waals surface area contributed by atoms with E-state index in [9.17, 15) is 29.1 Å². The lowest BCUT2D eigenvalue weighted by molar-refractivity contribution is -0.144. The van der Waals surface area contributed by atoms with Gasteiger partial charge in [-0.15, -0.1) is 0 Å². The van der Waals surface area contributed by atoms with Gasteiger partial charge < -0.3 is 31.3 Å². The quantitative estimate of drug-likeness (QED) is 0.250. The highest BCUT2D eigenvalue weighted by Crippen LogP contribution is 2.44. The molecule has 3 rings (SSSR count). The number of aliphatic hydroxyl groups excluding tert-OH is 1. The van der Waals surface area contributed by atoms with Crippen molar-refractivity contribution in [3.8, 4) is 11.1 Å². The SMILES string of the molecule is C[C@@H](O)[C@H](NC(=O)CNC(=O)[C@@H](N)CC(=O)NC(=O)OCC1c2ccccc2-c2ccccc21)C(=O)O. The number of imide groups is 1. The third kappa shape index (κ3) is 6.90. The van der Waals surface area contributed by atoms with Crippen LogP contribution in [0.3, 0.4) is 0 Å². The monoisotopic (exact) mass is 512 g/mol. The van der Waals surface area contributed by atoms with Gasteiger partial charge in [0.1, 0.15) is 6.61 Å². The summed E-state index contributed by atoms with van der Waals surface area (Å²) in [7, 11) is 0. The lowest BCUT2D eigenvalue weighted by Crippen LogP contribution is -2.52. The van der Waals surface area contributed by atoms with Gasteiger partial charge in [-0.05, 0) is 29.2 Å². The molecule has 12 nitrogen and oxygen atoms in total. The van der Waals surface area contributed by atoms with Gasteiger partial charge in [-0.1, -0.05) is 48.5 Å². The molecular formula is C25H28N4O8. The van der Waals surface area contributed by atoms with E-state index in [1.54, 1.807) is 0 Å². The number of carbonyl (C=O) groups excluding carboxylic acids is 4. The number of aliphatic hydroxyl groups is 1. The summed E-state index contributed by atoms with van der Waals surface area (Å²) in [5.41, 5.74) is 9.79. The number of nitrogens with one attached hydrogen (secondary N) is 3. The number of nitrogens with two attached hydrogens (primary N) is 1. The number of hydrogen-bond donors (Lipinski definition) is 6. The predicted octanol–water partition coefficient (Wildman–Crippen LogP) is -0.164. The third-order valence-corrected chi connectivity index (χ3v) is 5.82. The maximum Gasteiger partial charge on any atom is 0.413 e. The first kappa shape index (κ1) is 27.3. The summed E-state index contributed by atoms with van der Waals surface area (Å²) >= 11 is 0. The number of hydrogen-bond acceptors (Lipinski definition) is 8. The van der Waals surface area contributed by atoms with Crippen LogP contribution in [0, 0.1) is 0 Å². The maximum atomic E-state index is 12.2. The molecule has 0 unspecified atom stereocenters. The van der Waals surface area contributed by atoms with Crippen molar-refractivity contribution in [3.05, 3.63) is 59.7 Å². The van der Waals surface area contributed by atoms with Gasteiger partial charge in [0, 0.05) is 5.92 Å². The Morgan fingerprint density at radius 1 is 0.973 bits per heavy atom. The number of ether oxygens (including phenoxy) is 1. The molecule has 2 aromatic carbocycles. The highest BCUT2D eigenvalue weighted by atomic mass is 16.5. The molecule has 0 heterocycles. The Bertz CT molecular complexity index is 1150. The highest BCUT2D eigenvalue weighted by molar-refractivity contribution is 5.96. The second kappa shape index (κ2) is 12.1. The van der Waals surface area contributed by atoms with Crippen molar-refractivity contribution < 1.29 is 38.9 Å². The van der Waals surface area contributed by atoms with E-state index in [0.717, 1.165) is 22.3 Å². The van der Waals surface area contributed by atoms with Gasteiger partial charge in [0.15, 0.2) is 6.04 Å². The predicted molar refractivity (Wildman–Crippen MR) is 130 cm³/mol. The van der Waals surface area contributed by atoms with E-state index in [4.69, 9.17) is 15.6 Å². The Hall–Kier alpha value is -4.29. The Morgan fingerprint density at radius 2 is 1.54 bits per heavy atom. The highest BCUT2D eigenvalue weighted by Gasteiger charge is 2.29. The Kier molecular flexibility index (Phi) is 8.93. The van der Waals surface area contributed by atoms with Crippen molar-refractivity contribution in [2.24, 2.45) is 5.73 Å². The van der Waals surface area contributed by atoms with E-state index < -0.39 is 60.9 Å². The van der Waals surface area contributed by atoms with Gasteiger partial charge in [0.25, 0.3) is 0 Å². The molecule has 4 amide bonds. The Morgan fingerprint density at radius 3 is 2.08 bits per heavy atom. The molecule has 12 heteroatoms. The van der Waals surface area contributed by atoms with Crippen molar-refractivity contribution in [2.45, 2.75) is 37.5 Å². The van der Waals surface area contributed by atoms with E-state index in [-0.39, 0.29) is 12.5 Å². The van der Waals surface area contributed by atoms with Gasteiger partial charge >= 0.3 is 12.1 Å². The summed E-state index contributed by atoms with van der Waals surface area (Å²) in [6.07, 6.45) is -2.92. The van der Waals surface area contributed by atoms with Crippen LogP contribution in [0.5, 0.6) is 0 Å². The van der Waals surface area contributed by atoms with Gasteiger partial charge in [-0.2, -0.15) is 0 Å². The van der Waals surface area contributed by atoms with Crippen molar-refractivity contribution in [2.75, 3.05) is 13.2 Å². The minimum Gasteiger partial charge on any atom is -0.480 e. The average Bonchev–Trinajstić information content (AvgIpc) is 3.17. The summed E-state index contributed by atoms with van der Waals surface area (Å²) in [5, 5.41) is 24.5. The number of benzene rings is 2. The molecule has 1 aliphatic carbocycles. The fourth-order valence-electron chi connectivity index (χ4n) is 4.00. The van der Waals surface area contributed by atoms with Crippen LogP contribution in [0.4, 0.5) is 4.79 Å². The average molecular weight is 513 g/mol. The number of alkyl carbamates (subject to hydrolysis) is 1. The van der Waals surface area contributed by atoms with Gasteiger partial charge in [-0.25, -0.2) is 9.59 Å². The normalized spacial score (nSPS) is 14.4. The first-order valence-corrected chi connectivity index (χ1v) is 11.5. The topological polar surface area (TPSA) is 197 Å². The molecule has 3 atom stereocenters. The van der Waals surface area contributed by atoms with E-state index in [1.807, 2.05) is 59.2 Å². The summed E-state index contributed by atoms with van der Waals surface area (Å²) in [5.74, 6) is -4.25. The molecule has 0 bridgehead atoms. The number of fused-ring (bicyclic) bond motifs is 3. The zero-order valence-electron chi connectivity index (χ0n) is 20.0. The van der Waals surface area contributed by atoms with Crippen LogP contribution in [0.2, 0.25) is 0 Å². The van der Waals surface area contributed by atoms with Crippen LogP contribution in [-0.2, 0) is 23.9 Å². The largest absolute Gasteiger partial charge is 0.480 e. The zero-order chi connectivity index (χ0) is 27.1. The Labute approximate surface area is 212 Å². The van der Waals surface area contributed by atoms with Crippen LogP contribution in [0.15, 0.2) is 48.5 Å². The minimum atomic E-state index is -1.55. The molecule has 196 valence electrons. The number of amides is 4. The van der Waals surface area contributed by atoms with Crippen molar-refractivity contribution in [1.29, 1.82) is 0 Å². The molecule has 0 aromatic heterocycles. The van der Waals surface area contributed by atoms with E-state index in [2.05, 4.69) is 5.32 Å². The summed E-state index contributed by atoms with van der Waals surface area (Å²) in [6, 6.07) is 12.6. The lowest BCUT2D eigenvalue weighted by Gasteiger charge is -2.17. The summed E-state index contributed by atoms with van der Waals surface area (Å²) in [6.45, 7) is 0.554. The van der Waals surface area contributed by atoms with E-state index in [1.165, 1.54) is 6.92 Å². The number of rotatable bonds is 10. The van der Waals surface area contributed by atoms with E-state index >= 15 is 0 Å². The molecule has 0 spiro atoms. The first-order valence-electron chi connectivity index (χ1n) is 11.5. The maximum absolute atomic E-state index is 12.2. The summed E-state index contributed by atoms with van der Waals surface area (Å²) in [4.78, 5) is 59.2. The molecule has 7 N–H and O–H groups in total. The third-order valence-electron chi connectivity index (χ3n) is 5.82. The molecule has 0 saturated heterocycles. The standard InChI is InChI=1S/C25H28N4O8/c1-13(30)22(24(34)35)28-21(32)11-27-23(33)19(26)10-20(31)29-25(36)37-12-18-16-8-4-2-6-14(16)15-7-3-5-9-17(15)18/h2-9,13,18-19,22,30H,10-12,26H2,1H3,(H,27,33)(H,28,32)(H,34,35)(H,29,31,36)/t13-,19+,22+/m1/s1. The van der Waals surface area contributed by atoms with Crippen LogP contribution in [0.1, 0.15) is 30.4 Å². The molecular weight excluding hydrogens is 484 g/mol. The van der Waals surface area contributed by atoms with Gasteiger partial charge in [-0.3, -0.25) is 19.7 Å². The van der Waals surface area contributed by atoms with Crippen LogP contribution in [0.25, 0.3) is 11.1 Å². The minimum absolute atomic E-state index is 0.00140. The Balaban J connectivity index is 1.44. The lowest BCUT2D eigenvalue weighted by atomic mass is 9.98. The van der Waals surface area contributed by atoms with E-state index in [0.29, 0.717) is 0 Å². The number of aliphatic carboxylic acids is 1. The van der Waals surface area contributed by atoms with Crippen molar-refractivity contribution in [3.63, 3.8) is 0 Å². The van der Waals surface area contributed by atoms with Crippen LogP contribution < -0.4 is 21.7 Å². The van der Waals surface area contributed by atoms with Gasteiger partial charge in [0.05, 0.1) is 25.1 Å². The fraction of sp³-hybridized carbons (Fsp3) is 0.320. The smallest absolute Gasteiger partial charge is 0.413 e. The number of carboxylic acid groups (broad SMARTS) is 1. The van der Waals surface area contributed by atoms with Crippen LogP contribution >= 0.6 is 0 Å². The van der Waals surface area contributed by atoms with Crippen molar-refractivity contribution in [1.82, 2.24) is 16.0 Å². The molecule has 37 heavy (non-hydrogen) atoms. The molecule has 0 fully saturated rings. The summed E-state index contributed by atoms with van der Waals surface area (Å²) < 4.78 is 5.27. The number of carbonyl (C=O) groups is 5. The molecule has 0 saturated carbocycles. The second-order valence-electron chi connectivity index (χ2n) is 8.53. The molecule has 0 radical (unpaired) electrons.